The maximum atomic E-state index is 10.1. The number of aliphatic hydroxyl groups excluding tert-OH is 1. The van der Waals surface area contributed by atoms with E-state index in [-0.39, 0.29) is 5.54 Å². The van der Waals surface area contributed by atoms with Crippen molar-refractivity contribution >= 4 is 0 Å². The average molecular weight is 279 g/mol. The first-order valence-corrected chi connectivity index (χ1v) is 7.20. The van der Waals surface area contributed by atoms with Crippen molar-refractivity contribution in [2.75, 3.05) is 32.9 Å². The topological polar surface area (TPSA) is 41.9 Å². The molecule has 112 valence electrons. The van der Waals surface area contributed by atoms with E-state index in [4.69, 9.17) is 9.47 Å². The van der Waals surface area contributed by atoms with Crippen molar-refractivity contribution in [2.24, 2.45) is 0 Å². The molecule has 0 amide bonds. The Bertz CT molecular complexity index is 394. The molecular formula is C16H25NO3. The number of rotatable bonds is 6. The average Bonchev–Trinajstić information content (AvgIpc) is 2.42. The molecule has 1 atom stereocenters. The zero-order valence-electron chi connectivity index (χ0n) is 12.4. The minimum absolute atomic E-state index is 0.0152. The summed E-state index contributed by atoms with van der Waals surface area (Å²) in [6.07, 6.45) is -0.462. The minimum atomic E-state index is -0.462. The van der Waals surface area contributed by atoms with Crippen LogP contribution in [0.1, 0.15) is 19.4 Å². The number of morpholine rings is 1. The molecule has 1 unspecified atom stereocenters. The Balaban J connectivity index is 1.71. The maximum absolute atomic E-state index is 10.1. The molecule has 1 aromatic rings. The quantitative estimate of drug-likeness (QED) is 0.860. The van der Waals surface area contributed by atoms with E-state index < -0.39 is 6.10 Å². The molecule has 0 radical (unpaired) electrons. The Labute approximate surface area is 121 Å². The van der Waals surface area contributed by atoms with Crippen LogP contribution in [0.4, 0.5) is 0 Å². The fraction of sp³-hybridized carbons (Fsp3) is 0.625. The largest absolute Gasteiger partial charge is 0.389 e. The van der Waals surface area contributed by atoms with Crippen LogP contribution in [0, 0.1) is 0 Å². The summed E-state index contributed by atoms with van der Waals surface area (Å²) in [6, 6.07) is 10.0. The SMILES string of the molecule is CC1(C)COCCN1CC(O)COCc1ccccc1. The Morgan fingerprint density at radius 1 is 1.35 bits per heavy atom. The summed E-state index contributed by atoms with van der Waals surface area (Å²) in [7, 11) is 0. The van der Waals surface area contributed by atoms with Crippen LogP contribution in [0.15, 0.2) is 30.3 Å². The molecule has 1 N–H and O–H groups in total. The zero-order chi connectivity index (χ0) is 14.4. The van der Waals surface area contributed by atoms with Gasteiger partial charge in [-0.05, 0) is 19.4 Å². The lowest BCUT2D eigenvalue weighted by Gasteiger charge is -2.42. The predicted molar refractivity (Wildman–Crippen MR) is 78.6 cm³/mol. The summed E-state index contributed by atoms with van der Waals surface area (Å²) < 4.78 is 11.1. The minimum Gasteiger partial charge on any atom is -0.389 e. The summed E-state index contributed by atoms with van der Waals surface area (Å²) >= 11 is 0. The number of hydrogen-bond donors (Lipinski definition) is 1. The first-order valence-electron chi connectivity index (χ1n) is 7.20. The lowest BCUT2D eigenvalue weighted by Crippen LogP contribution is -2.55. The van der Waals surface area contributed by atoms with E-state index in [0.717, 1.165) is 18.7 Å². The van der Waals surface area contributed by atoms with Gasteiger partial charge in [0.1, 0.15) is 0 Å². The molecular weight excluding hydrogens is 254 g/mol. The van der Waals surface area contributed by atoms with Gasteiger partial charge in [0.15, 0.2) is 0 Å². The van der Waals surface area contributed by atoms with Crippen molar-refractivity contribution in [3.63, 3.8) is 0 Å². The van der Waals surface area contributed by atoms with E-state index in [2.05, 4.69) is 18.7 Å². The van der Waals surface area contributed by atoms with Gasteiger partial charge in [0.2, 0.25) is 0 Å². The van der Waals surface area contributed by atoms with Gasteiger partial charge >= 0.3 is 0 Å². The van der Waals surface area contributed by atoms with Gasteiger partial charge in [-0.1, -0.05) is 30.3 Å². The summed E-state index contributed by atoms with van der Waals surface area (Å²) in [5.74, 6) is 0. The lowest BCUT2D eigenvalue weighted by molar-refractivity contribution is -0.0770. The van der Waals surface area contributed by atoms with Gasteiger partial charge in [0, 0.05) is 18.6 Å². The Morgan fingerprint density at radius 3 is 2.80 bits per heavy atom. The van der Waals surface area contributed by atoms with E-state index in [1.165, 1.54) is 0 Å². The van der Waals surface area contributed by atoms with Crippen LogP contribution in [0.2, 0.25) is 0 Å². The van der Waals surface area contributed by atoms with Crippen molar-refractivity contribution in [3.8, 4) is 0 Å². The second-order valence-electron chi connectivity index (χ2n) is 5.97. The molecule has 1 saturated heterocycles. The van der Waals surface area contributed by atoms with Crippen LogP contribution < -0.4 is 0 Å². The molecule has 2 rings (SSSR count). The third-order valence-corrected chi connectivity index (χ3v) is 3.67. The van der Waals surface area contributed by atoms with Crippen LogP contribution in [0.5, 0.6) is 0 Å². The molecule has 0 aromatic heterocycles. The Kier molecular flexibility index (Phi) is 5.54. The molecule has 1 aromatic carbocycles. The molecule has 4 nitrogen and oxygen atoms in total. The second-order valence-corrected chi connectivity index (χ2v) is 5.97. The van der Waals surface area contributed by atoms with Crippen molar-refractivity contribution in [1.29, 1.82) is 0 Å². The molecule has 0 aliphatic carbocycles. The van der Waals surface area contributed by atoms with E-state index in [0.29, 0.717) is 26.4 Å². The third-order valence-electron chi connectivity index (χ3n) is 3.67. The monoisotopic (exact) mass is 279 g/mol. The van der Waals surface area contributed by atoms with Crippen molar-refractivity contribution in [3.05, 3.63) is 35.9 Å². The van der Waals surface area contributed by atoms with E-state index in [1.54, 1.807) is 0 Å². The lowest BCUT2D eigenvalue weighted by atomic mass is 10.0. The fourth-order valence-electron chi connectivity index (χ4n) is 2.42. The smallest absolute Gasteiger partial charge is 0.0900 e. The molecule has 1 fully saturated rings. The fourth-order valence-corrected chi connectivity index (χ4v) is 2.42. The van der Waals surface area contributed by atoms with Gasteiger partial charge in [-0.25, -0.2) is 0 Å². The van der Waals surface area contributed by atoms with Gasteiger partial charge in [-0.2, -0.15) is 0 Å². The summed E-state index contributed by atoms with van der Waals surface area (Å²) in [5, 5.41) is 10.1. The van der Waals surface area contributed by atoms with Crippen molar-refractivity contribution in [2.45, 2.75) is 32.1 Å². The van der Waals surface area contributed by atoms with Gasteiger partial charge < -0.3 is 14.6 Å². The van der Waals surface area contributed by atoms with Gasteiger partial charge in [-0.3, -0.25) is 4.90 Å². The third kappa shape index (κ3) is 4.56. The Hall–Kier alpha value is -0.940. The highest BCUT2D eigenvalue weighted by molar-refractivity contribution is 5.13. The van der Waals surface area contributed by atoms with Crippen molar-refractivity contribution in [1.82, 2.24) is 4.90 Å². The molecule has 0 saturated carbocycles. The number of hydrogen-bond acceptors (Lipinski definition) is 4. The van der Waals surface area contributed by atoms with Gasteiger partial charge in [0.25, 0.3) is 0 Å². The highest BCUT2D eigenvalue weighted by atomic mass is 16.5. The molecule has 1 aliphatic heterocycles. The van der Waals surface area contributed by atoms with Crippen LogP contribution in [-0.2, 0) is 16.1 Å². The number of nitrogens with zero attached hydrogens (tertiary/aromatic N) is 1. The molecule has 1 aliphatic rings. The number of β-amino-alcohol motifs (C(OH)–C–C–N with tert-alkyl or cyclic N) is 1. The first kappa shape index (κ1) is 15.4. The van der Waals surface area contributed by atoms with Gasteiger partial charge in [0.05, 0.1) is 32.5 Å². The second kappa shape index (κ2) is 7.18. The molecule has 0 bridgehead atoms. The van der Waals surface area contributed by atoms with E-state index in [9.17, 15) is 5.11 Å². The molecule has 1 heterocycles. The Morgan fingerprint density at radius 2 is 2.10 bits per heavy atom. The number of aliphatic hydroxyl groups is 1. The van der Waals surface area contributed by atoms with Crippen LogP contribution in [0.25, 0.3) is 0 Å². The standard InChI is InChI=1S/C16H25NO3/c1-16(2)13-19-9-8-17(16)10-15(18)12-20-11-14-6-4-3-5-7-14/h3-7,15,18H,8-13H2,1-2H3. The van der Waals surface area contributed by atoms with Gasteiger partial charge in [-0.15, -0.1) is 0 Å². The predicted octanol–water partition coefficient (Wildman–Crippen LogP) is 1.67. The van der Waals surface area contributed by atoms with Crippen LogP contribution >= 0.6 is 0 Å². The summed E-state index contributed by atoms with van der Waals surface area (Å²) in [5.41, 5.74) is 1.12. The number of ether oxygens (including phenoxy) is 2. The van der Waals surface area contributed by atoms with E-state index in [1.807, 2.05) is 30.3 Å². The van der Waals surface area contributed by atoms with E-state index >= 15 is 0 Å². The first-order chi connectivity index (χ1) is 9.58. The number of benzene rings is 1. The highest BCUT2D eigenvalue weighted by Gasteiger charge is 2.31. The summed E-state index contributed by atoms with van der Waals surface area (Å²) in [6.45, 7) is 8.14. The van der Waals surface area contributed by atoms with Crippen LogP contribution in [0.3, 0.4) is 0 Å². The molecule has 20 heavy (non-hydrogen) atoms. The maximum Gasteiger partial charge on any atom is 0.0900 e. The summed E-state index contributed by atoms with van der Waals surface area (Å²) in [4.78, 5) is 2.27. The molecule has 0 spiro atoms. The normalized spacial score (nSPS) is 20.8. The van der Waals surface area contributed by atoms with Crippen molar-refractivity contribution < 1.29 is 14.6 Å². The van der Waals surface area contributed by atoms with Crippen LogP contribution in [-0.4, -0.2) is 54.6 Å². The molecule has 4 heteroatoms. The zero-order valence-corrected chi connectivity index (χ0v) is 12.4. The highest BCUT2D eigenvalue weighted by Crippen LogP contribution is 2.19.